The van der Waals surface area contributed by atoms with Crippen LogP contribution in [-0.2, 0) is 16.2 Å². The summed E-state index contributed by atoms with van der Waals surface area (Å²) < 4.78 is 0. The number of hydroxylamine groups is 2. The van der Waals surface area contributed by atoms with Crippen molar-refractivity contribution in [3.8, 4) is 0 Å². The zero-order valence-corrected chi connectivity index (χ0v) is 16.6. The summed E-state index contributed by atoms with van der Waals surface area (Å²) in [5.74, 6) is 0.146. The molecule has 0 N–H and O–H groups in total. The lowest BCUT2D eigenvalue weighted by Gasteiger charge is -2.29. The summed E-state index contributed by atoms with van der Waals surface area (Å²) in [5.41, 5.74) is 1.14. The van der Waals surface area contributed by atoms with Crippen molar-refractivity contribution in [2.24, 2.45) is 0 Å². The first-order chi connectivity index (χ1) is 12.8. The molecular formula is C23H37NO2. The van der Waals surface area contributed by atoms with Gasteiger partial charge in [-0.15, -0.1) is 0 Å². The fourth-order valence-corrected chi connectivity index (χ4v) is 3.64. The number of amides is 1. The van der Waals surface area contributed by atoms with Gasteiger partial charge >= 0.3 is 0 Å². The Labute approximate surface area is 160 Å². The molecule has 0 unspecified atom stereocenters. The monoisotopic (exact) mass is 359 g/mol. The standard InChI is InChI=1S/C23H37NO2/c1-2-3-4-5-6-7-14-19-23(25)24(20-21-15-10-8-11-16-21)26-22-17-12-9-13-18-22/h8,10-11,15-16,22H,2-7,9,12-14,17-20H2,1H3. The lowest BCUT2D eigenvalue weighted by molar-refractivity contribution is -0.215. The number of carbonyl (C=O) groups excluding carboxylic acids is 1. The van der Waals surface area contributed by atoms with E-state index < -0.39 is 0 Å². The van der Waals surface area contributed by atoms with Crippen LogP contribution in [0.1, 0.15) is 96.0 Å². The van der Waals surface area contributed by atoms with Crippen molar-refractivity contribution in [3.05, 3.63) is 35.9 Å². The second-order valence-corrected chi connectivity index (χ2v) is 7.65. The molecule has 1 saturated carbocycles. The molecule has 3 heteroatoms. The predicted molar refractivity (Wildman–Crippen MR) is 108 cm³/mol. The van der Waals surface area contributed by atoms with Crippen molar-refractivity contribution in [2.75, 3.05) is 0 Å². The highest BCUT2D eigenvalue weighted by Crippen LogP contribution is 2.23. The van der Waals surface area contributed by atoms with E-state index in [0.29, 0.717) is 13.0 Å². The second kappa shape index (κ2) is 12.9. The van der Waals surface area contributed by atoms with Crippen LogP contribution < -0.4 is 0 Å². The molecule has 146 valence electrons. The van der Waals surface area contributed by atoms with Gasteiger partial charge in [0.25, 0.3) is 0 Å². The molecule has 26 heavy (non-hydrogen) atoms. The molecule has 1 amide bonds. The Morgan fingerprint density at radius 2 is 1.62 bits per heavy atom. The van der Waals surface area contributed by atoms with Crippen molar-refractivity contribution in [3.63, 3.8) is 0 Å². The van der Waals surface area contributed by atoms with Gasteiger partial charge in [-0.25, -0.2) is 5.06 Å². The maximum Gasteiger partial charge on any atom is 0.246 e. The van der Waals surface area contributed by atoms with Crippen LogP contribution in [0.25, 0.3) is 0 Å². The van der Waals surface area contributed by atoms with Crippen LogP contribution in [-0.4, -0.2) is 17.1 Å². The normalized spacial score (nSPS) is 15.1. The number of hydrogen-bond donors (Lipinski definition) is 0. The zero-order chi connectivity index (χ0) is 18.5. The Morgan fingerprint density at radius 3 is 2.31 bits per heavy atom. The smallest absolute Gasteiger partial charge is 0.246 e. The van der Waals surface area contributed by atoms with Crippen LogP contribution in [0.5, 0.6) is 0 Å². The third-order valence-corrected chi connectivity index (χ3v) is 5.27. The molecule has 0 saturated heterocycles. The first kappa shape index (κ1) is 21.0. The highest BCUT2D eigenvalue weighted by Gasteiger charge is 2.22. The average Bonchev–Trinajstić information content (AvgIpc) is 2.68. The van der Waals surface area contributed by atoms with Gasteiger partial charge in [-0.1, -0.05) is 95.0 Å². The van der Waals surface area contributed by atoms with Gasteiger partial charge in [-0.2, -0.15) is 0 Å². The van der Waals surface area contributed by atoms with Gasteiger partial charge in [0, 0.05) is 6.42 Å². The largest absolute Gasteiger partial charge is 0.273 e. The van der Waals surface area contributed by atoms with Gasteiger partial charge in [0.15, 0.2) is 0 Å². The van der Waals surface area contributed by atoms with E-state index in [1.165, 1.54) is 51.4 Å². The van der Waals surface area contributed by atoms with Crippen molar-refractivity contribution >= 4 is 5.91 Å². The first-order valence-electron chi connectivity index (χ1n) is 10.8. The van der Waals surface area contributed by atoms with E-state index >= 15 is 0 Å². The summed E-state index contributed by atoms with van der Waals surface area (Å²) >= 11 is 0. The molecule has 0 heterocycles. The molecule has 1 fully saturated rings. The summed E-state index contributed by atoms with van der Waals surface area (Å²) in [4.78, 5) is 18.9. The quantitative estimate of drug-likeness (QED) is 0.318. The van der Waals surface area contributed by atoms with E-state index in [4.69, 9.17) is 4.84 Å². The number of unbranched alkanes of at least 4 members (excludes halogenated alkanes) is 6. The summed E-state index contributed by atoms with van der Waals surface area (Å²) in [6.45, 7) is 2.80. The fraction of sp³-hybridized carbons (Fsp3) is 0.696. The van der Waals surface area contributed by atoms with Crippen LogP contribution in [0.2, 0.25) is 0 Å². The topological polar surface area (TPSA) is 29.5 Å². The van der Waals surface area contributed by atoms with Gasteiger partial charge in [-0.05, 0) is 24.8 Å². The number of benzene rings is 1. The van der Waals surface area contributed by atoms with E-state index in [2.05, 4.69) is 19.1 Å². The number of hydrogen-bond acceptors (Lipinski definition) is 2. The third kappa shape index (κ3) is 8.35. The van der Waals surface area contributed by atoms with Crippen LogP contribution in [0.15, 0.2) is 30.3 Å². The van der Waals surface area contributed by atoms with Crippen molar-refractivity contribution in [1.29, 1.82) is 0 Å². The highest BCUT2D eigenvalue weighted by molar-refractivity contribution is 5.75. The summed E-state index contributed by atoms with van der Waals surface area (Å²) in [6, 6.07) is 10.2. The average molecular weight is 360 g/mol. The highest BCUT2D eigenvalue weighted by atomic mass is 16.7. The Hall–Kier alpha value is -1.35. The maximum atomic E-state index is 12.8. The fourth-order valence-electron chi connectivity index (χ4n) is 3.64. The maximum absolute atomic E-state index is 12.8. The van der Waals surface area contributed by atoms with E-state index in [9.17, 15) is 4.79 Å². The van der Waals surface area contributed by atoms with Gasteiger partial charge in [0.05, 0.1) is 12.6 Å². The van der Waals surface area contributed by atoms with Crippen LogP contribution in [0, 0.1) is 0 Å². The van der Waals surface area contributed by atoms with Crippen LogP contribution >= 0.6 is 0 Å². The molecule has 2 rings (SSSR count). The van der Waals surface area contributed by atoms with Gasteiger partial charge in [0.1, 0.15) is 0 Å². The minimum Gasteiger partial charge on any atom is -0.273 e. The summed E-state index contributed by atoms with van der Waals surface area (Å²) in [6.07, 6.45) is 15.3. The molecule has 3 nitrogen and oxygen atoms in total. The minimum atomic E-state index is 0.146. The van der Waals surface area contributed by atoms with Crippen LogP contribution in [0.3, 0.4) is 0 Å². The Morgan fingerprint density at radius 1 is 0.962 bits per heavy atom. The predicted octanol–water partition coefficient (Wildman–Crippen LogP) is 6.42. The zero-order valence-electron chi connectivity index (χ0n) is 16.6. The number of nitrogens with zero attached hydrogens (tertiary/aromatic N) is 1. The summed E-state index contributed by atoms with van der Waals surface area (Å²) in [7, 11) is 0. The van der Waals surface area contributed by atoms with Crippen LogP contribution in [0.4, 0.5) is 0 Å². The molecule has 1 aliphatic rings. The van der Waals surface area contributed by atoms with Gasteiger partial charge in [0.2, 0.25) is 5.91 Å². The minimum absolute atomic E-state index is 0.146. The van der Waals surface area contributed by atoms with E-state index in [0.717, 1.165) is 31.2 Å². The van der Waals surface area contributed by atoms with Crippen molar-refractivity contribution in [2.45, 2.75) is 103 Å². The molecule has 0 spiro atoms. The van der Waals surface area contributed by atoms with E-state index in [1.807, 2.05) is 18.2 Å². The molecular weight excluding hydrogens is 322 g/mol. The van der Waals surface area contributed by atoms with Gasteiger partial charge in [-0.3, -0.25) is 9.63 Å². The molecule has 0 bridgehead atoms. The van der Waals surface area contributed by atoms with E-state index in [1.54, 1.807) is 5.06 Å². The Bertz CT molecular complexity index is 482. The lowest BCUT2D eigenvalue weighted by atomic mass is 9.98. The SMILES string of the molecule is CCCCCCCCCC(=O)N(Cc1ccccc1)OC1CCCCC1. The summed E-state index contributed by atoms with van der Waals surface area (Å²) in [5, 5.41) is 1.66. The molecule has 0 atom stereocenters. The molecule has 1 aliphatic carbocycles. The van der Waals surface area contributed by atoms with E-state index in [-0.39, 0.29) is 12.0 Å². The third-order valence-electron chi connectivity index (χ3n) is 5.27. The molecule has 0 radical (unpaired) electrons. The second-order valence-electron chi connectivity index (χ2n) is 7.65. The Balaban J connectivity index is 1.78. The molecule has 1 aromatic carbocycles. The number of carbonyl (C=O) groups is 1. The molecule has 1 aromatic rings. The van der Waals surface area contributed by atoms with Gasteiger partial charge < -0.3 is 0 Å². The Kier molecular flexibility index (Phi) is 10.4. The lowest BCUT2D eigenvalue weighted by Crippen LogP contribution is -2.35. The van der Waals surface area contributed by atoms with Crippen molar-refractivity contribution in [1.82, 2.24) is 5.06 Å². The van der Waals surface area contributed by atoms with Crippen molar-refractivity contribution < 1.29 is 9.63 Å². The molecule has 0 aromatic heterocycles. The molecule has 0 aliphatic heterocycles. The number of rotatable bonds is 12. The first-order valence-corrected chi connectivity index (χ1v) is 10.8.